The molecule has 1 N–H and O–H groups in total. The van der Waals surface area contributed by atoms with Crippen molar-refractivity contribution in [1.82, 2.24) is 4.90 Å². The molecule has 110 valence electrons. The topological polar surface area (TPSA) is 33.7 Å². The van der Waals surface area contributed by atoms with Crippen LogP contribution in [0.2, 0.25) is 0 Å². The molecule has 1 saturated heterocycles. The summed E-state index contributed by atoms with van der Waals surface area (Å²) in [5, 5.41) is 3.62. The number of rotatable bonds is 3. The van der Waals surface area contributed by atoms with Crippen LogP contribution in [0, 0.1) is 0 Å². The molecule has 4 nitrogen and oxygen atoms in total. The molecule has 0 atom stereocenters. The van der Waals surface area contributed by atoms with Gasteiger partial charge in [-0.3, -0.25) is 0 Å². The minimum Gasteiger partial charge on any atom is -0.449 e. The second kappa shape index (κ2) is 5.17. The van der Waals surface area contributed by atoms with E-state index in [1.165, 1.54) is 25.9 Å². The van der Waals surface area contributed by atoms with E-state index < -0.39 is 5.79 Å². The molecule has 0 amide bonds. The van der Waals surface area contributed by atoms with Crippen molar-refractivity contribution in [2.24, 2.45) is 0 Å². The molecule has 0 saturated carbocycles. The zero-order valence-electron chi connectivity index (χ0n) is 12.6. The average molecular weight is 276 g/mol. The first-order valence-corrected chi connectivity index (χ1v) is 7.57. The summed E-state index contributed by atoms with van der Waals surface area (Å²) in [4.78, 5) is 2.50. The Morgan fingerprint density at radius 3 is 2.60 bits per heavy atom. The Bertz CT molecular complexity index is 479. The Kier molecular flexibility index (Phi) is 3.50. The maximum absolute atomic E-state index is 5.79. The highest BCUT2D eigenvalue weighted by Gasteiger charge is 2.31. The molecule has 0 unspecified atom stereocenters. The van der Waals surface area contributed by atoms with Crippen LogP contribution in [0.15, 0.2) is 18.2 Å². The third-order valence-electron chi connectivity index (χ3n) is 4.06. The van der Waals surface area contributed by atoms with E-state index in [0.29, 0.717) is 6.04 Å². The smallest absolute Gasteiger partial charge is 0.246 e. The summed E-state index contributed by atoms with van der Waals surface area (Å²) in [7, 11) is 0. The van der Waals surface area contributed by atoms with E-state index in [4.69, 9.17) is 9.47 Å². The fraction of sp³-hybridized carbons (Fsp3) is 0.625. The fourth-order valence-corrected chi connectivity index (χ4v) is 2.94. The lowest BCUT2D eigenvalue weighted by molar-refractivity contribution is -0.0431. The van der Waals surface area contributed by atoms with E-state index >= 15 is 0 Å². The Hall–Kier alpha value is -1.42. The van der Waals surface area contributed by atoms with Crippen molar-refractivity contribution in [2.75, 3.05) is 25.0 Å². The van der Waals surface area contributed by atoms with E-state index in [9.17, 15) is 0 Å². The van der Waals surface area contributed by atoms with Crippen molar-refractivity contribution >= 4 is 5.69 Å². The predicted molar refractivity (Wildman–Crippen MR) is 80.5 cm³/mol. The number of fused-ring (bicyclic) bond motifs is 1. The van der Waals surface area contributed by atoms with Gasteiger partial charge in [-0.25, -0.2) is 0 Å². The molecule has 3 rings (SSSR count). The lowest BCUT2D eigenvalue weighted by atomic mass is 10.0. The Balaban J connectivity index is 1.63. The molecule has 2 heterocycles. The van der Waals surface area contributed by atoms with Gasteiger partial charge >= 0.3 is 0 Å². The molecular weight excluding hydrogens is 252 g/mol. The van der Waals surface area contributed by atoms with Crippen molar-refractivity contribution in [2.45, 2.75) is 45.4 Å². The third kappa shape index (κ3) is 2.85. The lowest BCUT2D eigenvalue weighted by Gasteiger charge is -2.32. The van der Waals surface area contributed by atoms with Gasteiger partial charge < -0.3 is 19.7 Å². The molecule has 0 bridgehead atoms. The van der Waals surface area contributed by atoms with Crippen LogP contribution in [0.4, 0.5) is 5.69 Å². The molecule has 2 aliphatic heterocycles. The first kappa shape index (κ1) is 13.6. The standard InChI is InChI=1S/C16H24N2O2/c1-4-18-9-7-12(8-10-18)17-13-5-6-14-15(11-13)20-16(2,3)19-14/h5-6,11-12,17H,4,7-10H2,1-3H3. The lowest BCUT2D eigenvalue weighted by Crippen LogP contribution is -2.38. The zero-order chi connectivity index (χ0) is 14.2. The Labute approximate surface area is 121 Å². The van der Waals surface area contributed by atoms with Crippen LogP contribution in [0.3, 0.4) is 0 Å². The second-order valence-corrected chi connectivity index (χ2v) is 6.12. The van der Waals surface area contributed by atoms with Gasteiger partial charge in [0, 0.05) is 44.7 Å². The van der Waals surface area contributed by atoms with E-state index in [-0.39, 0.29) is 0 Å². The monoisotopic (exact) mass is 276 g/mol. The number of likely N-dealkylation sites (tertiary alicyclic amines) is 1. The quantitative estimate of drug-likeness (QED) is 0.920. The third-order valence-corrected chi connectivity index (χ3v) is 4.06. The molecule has 4 heteroatoms. The van der Waals surface area contributed by atoms with Gasteiger partial charge in [-0.15, -0.1) is 0 Å². The van der Waals surface area contributed by atoms with Crippen LogP contribution in [-0.2, 0) is 0 Å². The van der Waals surface area contributed by atoms with Crippen molar-refractivity contribution in [3.63, 3.8) is 0 Å². The SMILES string of the molecule is CCN1CCC(Nc2ccc3c(c2)OC(C)(C)O3)CC1. The van der Waals surface area contributed by atoms with Crippen LogP contribution in [0.25, 0.3) is 0 Å². The van der Waals surface area contributed by atoms with Crippen molar-refractivity contribution < 1.29 is 9.47 Å². The van der Waals surface area contributed by atoms with E-state index in [2.05, 4.69) is 29.3 Å². The highest BCUT2D eigenvalue weighted by Crippen LogP contribution is 2.40. The summed E-state index contributed by atoms with van der Waals surface area (Å²) in [5.74, 6) is 1.13. The van der Waals surface area contributed by atoms with Gasteiger partial charge in [-0.1, -0.05) is 6.92 Å². The molecule has 2 aliphatic rings. The largest absolute Gasteiger partial charge is 0.449 e. The number of hydrogen-bond acceptors (Lipinski definition) is 4. The molecule has 20 heavy (non-hydrogen) atoms. The minimum atomic E-state index is -0.548. The zero-order valence-corrected chi connectivity index (χ0v) is 12.6. The summed E-state index contributed by atoms with van der Waals surface area (Å²) < 4.78 is 11.5. The average Bonchev–Trinajstić information content (AvgIpc) is 2.73. The number of nitrogens with zero attached hydrogens (tertiary/aromatic N) is 1. The number of benzene rings is 1. The number of hydrogen-bond donors (Lipinski definition) is 1. The molecule has 1 aromatic rings. The Morgan fingerprint density at radius 1 is 1.20 bits per heavy atom. The van der Waals surface area contributed by atoms with E-state index in [1.807, 2.05) is 19.9 Å². The summed E-state index contributed by atoms with van der Waals surface area (Å²) in [5.41, 5.74) is 1.12. The maximum atomic E-state index is 5.79. The van der Waals surface area contributed by atoms with Gasteiger partial charge in [-0.2, -0.15) is 0 Å². The number of ether oxygens (including phenoxy) is 2. The first-order chi connectivity index (χ1) is 9.55. The van der Waals surface area contributed by atoms with Crippen LogP contribution in [0.5, 0.6) is 11.5 Å². The van der Waals surface area contributed by atoms with Crippen LogP contribution in [0.1, 0.15) is 33.6 Å². The van der Waals surface area contributed by atoms with Crippen molar-refractivity contribution in [1.29, 1.82) is 0 Å². The van der Waals surface area contributed by atoms with Gasteiger partial charge in [0.2, 0.25) is 5.79 Å². The number of nitrogens with one attached hydrogen (secondary N) is 1. The predicted octanol–water partition coefficient (Wildman–Crippen LogP) is 3.09. The highest BCUT2D eigenvalue weighted by atomic mass is 16.7. The number of anilines is 1. The number of piperidine rings is 1. The molecule has 0 aromatic heterocycles. The minimum absolute atomic E-state index is 0.548. The Morgan fingerprint density at radius 2 is 1.90 bits per heavy atom. The van der Waals surface area contributed by atoms with Gasteiger partial charge in [-0.05, 0) is 31.5 Å². The second-order valence-electron chi connectivity index (χ2n) is 6.12. The molecule has 0 spiro atoms. The molecular formula is C16H24N2O2. The first-order valence-electron chi connectivity index (χ1n) is 7.57. The van der Waals surface area contributed by atoms with Gasteiger partial charge in [0.1, 0.15) is 0 Å². The summed E-state index contributed by atoms with van der Waals surface area (Å²) in [6.45, 7) is 9.62. The van der Waals surface area contributed by atoms with E-state index in [0.717, 1.165) is 23.7 Å². The maximum Gasteiger partial charge on any atom is 0.246 e. The van der Waals surface area contributed by atoms with Crippen LogP contribution >= 0.6 is 0 Å². The molecule has 0 radical (unpaired) electrons. The van der Waals surface area contributed by atoms with Crippen LogP contribution in [-0.4, -0.2) is 36.4 Å². The summed E-state index contributed by atoms with van der Waals surface area (Å²) >= 11 is 0. The molecule has 0 aliphatic carbocycles. The van der Waals surface area contributed by atoms with Crippen LogP contribution < -0.4 is 14.8 Å². The van der Waals surface area contributed by atoms with Crippen molar-refractivity contribution in [3.8, 4) is 11.5 Å². The fourth-order valence-electron chi connectivity index (χ4n) is 2.94. The summed E-state index contributed by atoms with van der Waals surface area (Å²) in [6, 6.07) is 6.69. The van der Waals surface area contributed by atoms with Crippen molar-refractivity contribution in [3.05, 3.63) is 18.2 Å². The molecule has 1 aromatic carbocycles. The van der Waals surface area contributed by atoms with Gasteiger partial charge in [0.05, 0.1) is 0 Å². The van der Waals surface area contributed by atoms with E-state index in [1.54, 1.807) is 0 Å². The highest BCUT2D eigenvalue weighted by molar-refractivity contribution is 5.56. The van der Waals surface area contributed by atoms with Gasteiger partial charge in [0.25, 0.3) is 0 Å². The molecule has 1 fully saturated rings. The van der Waals surface area contributed by atoms with Gasteiger partial charge in [0.15, 0.2) is 11.5 Å². The normalized spacial score (nSPS) is 21.9. The summed E-state index contributed by atoms with van der Waals surface area (Å²) in [6.07, 6.45) is 2.40.